The molecule has 2 aromatic heterocycles. The molecule has 0 spiro atoms. The van der Waals surface area contributed by atoms with Gasteiger partial charge < -0.3 is 10.1 Å². The van der Waals surface area contributed by atoms with E-state index in [1.165, 1.54) is 11.3 Å². The number of aliphatic hydroxyl groups is 1. The number of aromatic nitrogens is 2. The minimum atomic E-state index is -0.473. The monoisotopic (exact) mass is 226 g/mol. The SMILES string of the molecule is Cc1cc2[nH]c(=O)n(CCO)c(=O)c2s1. The third-order valence-corrected chi connectivity index (χ3v) is 3.14. The zero-order chi connectivity index (χ0) is 11.0. The third kappa shape index (κ3) is 1.62. The number of hydrogen-bond acceptors (Lipinski definition) is 4. The van der Waals surface area contributed by atoms with E-state index >= 15 is 0 Å². The second kappa shape index (κ2) is 3.63. The van der Waals surface area contributed by atoms with Crippen LogP contribution in [0.2, 0.25) is 0 Å². The van der Waals surface area contributed by atoms with E-state index in [1.54, 1.807) is 6.07 Å². The lowest BCUT2D eigenvalue weighted by Crippen LogP contribution is -2.35. The third-order valence-electron chi connectivity index (χ3n) is 2.11. The van der Waals surface area contributed by atoms with E-state index in [1.807, 2.05) is 6.92 Å². The standard InChI is InChI=1S/C9H10N2O3S/c1-5-4-6-7(15-5)8(13)11(2-3-12)9(14)10-6/h4,12H,2-3H2,1H3,(H,10,14). The summed E-state index contributed by atoms with van der Waals surface area (Å²) in [4.78, 5) is 26.8. The van der Waals surface area contributed by atoms with Gasteiger partial charge in [0.1, 0.15) is 4.70 Å². The highest BCUT2D eigenvalue weighted by Gasteiger charge is 2.09. The van der Waals surface area contributed by atoms with Gasteiger partial charge in [0.15, 0.2) is 0 Å². The first-order valence-corrected chi connectivity index (χ1v) is 5.29. The molecule has 0 radical (unpaired) electrons. The van der Waals surface area contributed by atoms with Crippen LogP contribution in [0.15, 0.2) is 15.7 Å². The van der Waals surface area contributed by atoms with Gasteiger partial charge in [0.05, 0.1) is 18.7 Å². The number of aromatic amines is 1. The molecule has 0 aliphatic carbocycles. The molecule has 5 nitrogen and oxygen atoms in total. The minimum Gasteiger partial charge on any atom is -0.395 e. The number of H-pyrrole nitrogens is 1. The van der Waals surface area contributed by atoms with Crippen LogP contribution in [0, 0.1) is 6.92 Å². The van der Waals surface area contributed by atoms with Gasteiger partial charge in [0, 0.05) is 4.88 Å². The highest BCUT2D eigenvalue weighted by atomic mass is 32.1. The Labute approximate surface area is 88.6 Å². The van der Waals surface area contributed by atoms with Crippen molar-refractivity contribution in [3.63, 3.8) is 0 Å². The lowest BCUT2D eigenvalue weighted by atomic mass is 10.4. The second-order valence-electron chi connectivity index (χ2n) is 3.21. The van der Waals surface area contributed by atoms with Crippen molar-refractivity contribution in [2.45, 2.75) is 13.5 Å². The number of aliphatic hydroxyl groups excluding tert-OH is 1. The molecule has 2 aromatic rings. The van der Waals surface area contributed by atoms with Gasteiger partial charge >= 0.3 is 5.69 Å². The maximum absolute atomic E-state index is 11.8. The largest absolute Gasteiger partial charge is 0.395 e. The molecule has 0 aromatic carbocycles. The summed E-state index contributed by atoms with van der Waals surface area (Å²) in [5.74, 6) is 0. The number of thiophene rings is 1. The molecule has 0 unspecified atom stereocenters. The topological polar surface area (TPSA) is 75.1 Å². The van der Waals surface area contributed by atoms with E-state index < -0.39 is 5.69 Å². The van der Waals surface area contributed by atoms with Crippen LogP contribution in [0.5, 0.6) is 0 Å². The molecule has 6 heteroatoms. The molecule has 0 aliphatic heterocycles. The zero-order valence-electron chi connectivity index (χ0n) is 8.11. The van der Waals surface area contributed by atoms with Gasteiger partial charge in [-0.05, 0) is 13.0 Å². The summed E-state index contributed by atoms with van der Waals surface area (Å²) < 4.78 is 1.54. The summed E-state index contributed by atoms with van der Waals surface area (Å²) in [6.45, 7) is 1.68. The number of nitrogens with one attached hydrogen (secondary N) is 1. The van der Waals surface area contributed by atoms with Crippen molar-refractivity contribution in [1.82, 2.24) is 9.55 Å². The Morgan fingerprint density at radius 2 is 2.27 bits per heavy atom. The molecule has 0 saturated carbocycles. The molecular formula is C9H10N2O3S. The van der Waals surface area contributed by atoms with Crippen LogP contribution in [0.25, 0.3) is 10.2 Å². The van der Waals surface area contributed by atoms with Crippen molar-refractivity contribution in [3.05, 3.63) is 31.8 Å². The summed E-state index contributed by atoms with van der Waals surface area (Å²) >= 11 is 1.34. The van der Waals surface area contributed by atoms with Crippen LogP contribution >= 0.6 is 11.3 Å². The quantitative estimate of drug-likeness (QED) is 0.760. The molecule has 0 atom stereocenters. The second-order valence-corrected chi connectivity index (χ2v) is 4.47. The number of nitrogens with zero attached hydrogens (tertiary/aromatic N) is 1. The Balaban J connectivity index is 2.83. The molecule has 2 rings (SSSR count). The molecule has 0 aliphatic rings. The predicted molar refractivity (Wildman–Crippen MR) is 58.5 cm³/mol. The van der Waals surface area contributed by atoms with Crippen molar-refractivity contribution in [2.75, 3.05) is 6.61 Å². The summed E-state index contributed by atoms with van der Waals surface area (Å²) in [7, 11) is 0. The Kier molecular flexibility index (Phi) is 2.45. The highest BCUT2D eigenvalue weighted by molar-refractivity contribution is 7.18. The molecule has 15 heavy (non-hydrogen) atoms. The van der Waals surface area contributed by atoms with Crippen LogP contribution in [0.3, 0.4) is 0 Å². The number of aryl methyl sites for hydroxylation is 1. The Bertz CT molecular complexity index is 608. The van der Waals surface area contributed by atoms with Crippen molar-refractivity contribution >= 4 is 21.6 Å². The summed E-state index contributed by atoms with van der Waals surface area (Å²) in [6, 6.07) is 1.77. The van der Waals surface area contributed by atoms with E-state index in [0.29, 0.717) is 10.2 Å². The average molecular weight is 226 g/mol. The molecule has 2 heterocycles. The van der Waals surface area contributed by atoms with E-state index in [2.05, 4.69) is 4.98 Å². The van der Waals surface area contributed by atoms with Gasteiger partial charge in [-0.15, -0.1) is 11.3 Å². The van der Waals surface area contributed by atoms with Crippen LogP contribution in [0.4, 0.5) is 0 Å². The maximum Gasteiger partial charge on any atom is 0.328 e. The van der Waals surface area contributed by atoms with Crippen LogP contribution < -0.4 is 11.2 Å². The maximum atomic E-state index is 11.8. The van der Waals surface area contributed by atoms with E-state index in [0.717, 1.165) is 9.44 Å². The van der Waals surface area contributed by atoms with Crippen molar-refractivity contribution in [3.8, 4) is 0 Å². The van der Waals surface area contributed by atoms with Crippen LogP contribution in [-0.4, -0.2) is 21.3 Å². The van der Waals surface area contributed by atoms with Crippen LogP contribution in [-0.2, 0) is 6.54 Å². The molecule has 80 valence electrons. The van der Waals surface area contributed by atoms with Gasteiger partial charge in [-0.3, -0.25) is 9.36 Å². The number of fused-ring (bicyclic) bond motifs is 1. The molecule has 0 amide bonds. The first-order chi connectivity index (χ1) is 7.13. The predicted octanol–water partition coefficient (Wildman–Crippen LogP) is 0.0520. The van der Waals surface area contributed by atoms with Gasteiger partial charge in [0.25, 0.3) is 5.56 Å². The van der Waals surface area contributed by atoms with Crippen molar-refractivity contribution in [1.29, 1.82) is 0 Å². The summed E-state index contributed by atoms with van der Waals surface area (Å²) in [5, 5.41) is 8.74. The van der Waals surface area contributed by atoms with Crippen molar-refractivity contribution in [2.24, 2.45) is 0 Å². The molecular weight excluding hydrogens is 216 g/mol. The Hall–Kier alpha value is -1.40. The van der Waals surface area contributed by atoms with E-state index in [9.17, 15) is 9.59 Å². The van der Waals surface area contributed by atoms with Crippen molar-refractivity contribution < 1.29 is 5.11 Å². The summed E-state index contributed by atoms with van der Waals surface area (Å²) in [6.07, 6.45) is 0. The Morgan fingerprint density at radius 1 is 1.53 bits per heavy atom. The lowest BCUT2D eigenvalue weighted by molar-refractivity contribution is 0.272. The van der Waals surface area contributed by atoms with Gasteiger partial charge in [-0.1, -0.05) is 0 Å². The smallest absolute Gasteiger partial charge is 0.328 e. The fourth-order valence-corrected chi connectivity index (χ4v) is 2.38. The lowest BCUT2D eigenvalue weighted by Gasteiger charge is -2.00. The molecule has 2 N–H and O–H groups in total. The number of rotatable bonds is 2. The molecule has 0 bridgehead atoms. The first-order valence-electron chi connectivity index (χ1n) is 4.47. The van der Waals surface area contributed by atoms with Gasteiger partial charge in [0.2, 0.25) is 0 Å². The zero-order valence-corrected chi connectivity index (χ0v) is 8.93. The molecule has 0 fully saturated rings. The van der Waals surface area contributed by atoms with Crippen LogP contribution in [0.1, 0.15) is 4.88 Å². The first kappa shape index (κ1) is 10.1. The van der Waals surface area contributed by atoms with E-state index in [-0.39, 0.29) is 18.7 Å². The normalized spacial score (nSPS) is 11.1. The number of hydrogen-bond donors (Lipinski definition) is 2. The fourth-order valence-electron chi connectivity index (χ4n) is 1.47. The van der Waals surface area contributed by atoms with E-state index in [4.69, 9.17) is 5.11 Å². The van der Waals surface area contributed by atoms with Gasteiger partial charge in [-0.25, -0.2) is 4.79 Å². The average Bonchev–Trinajstić information content (AvgIpc) is 2.53. The Morgan fingerprint density at radius 3 is 2.93 bits per heavy atom. The molecule has 0 saturated heterocycles. The van der Waals surface area contributed by atoms with Gasteiger partial charge in [-0.2, -0.15) is 0 Å². The fraction of sp³-hybridized carbons (Fsp3) is 0.333. The summed E-state index contributed by atoms with van der Waals surface area (Å²) in [5.41, 5.74) is -0.234. The highest BCUT2D eigenvalue weighted by Crippen LogP contribution is 2.18. The minimum absolute atomic E-state index is 0.0288.